The van der Waals surface area contributed by atoms with Crippen LogP contribution < -0.4 is 0 Å². The zero-order chi connectivity index (χ0) is 16.5. The second-order valence-corrected chi connectivity index (χ2v) is 3.96. The van der Waals surface area contributed by atoms with Gasteiger partial charge in [0.25, 0.3) is 0 Å². The van der Waals surface area contributed by atoms with Crippen molar-refractivity contribution in [1.29, 1.82) is 0 Å². The van der Waals surface area contributed by atoms with Gasteiger partial charge in [-0.15, -0.1) is 0 Å². The lowest BCUT2D eigenvalue weighted by Crippen LogP contribution is -2.19. The molecule has 0 fully saturated rings. The molecule has 22 heavy (non-hydrogen) atoms. The molecule has 0 amide bonds. The van der Waals surface area contributed by atoms with Gasteiger partial charge in [-0.3, -0.25) is 0 Å². The summed E-state index contributed by atoms with van der Waals surface area (Å²) in [7, 11) is 11.7. The highest BCUT2D eigenvalue weighted by atomic mass is 16.6. The number of hydrogen-bond donors (Lipinski definition) is 0. The minimum absolute atomic E-state index is 0.162. The first-order valence-corrected chi connectivity index (χ1v) is 6.20. The van der Waals surface area contributed by atoms with Crippen LogP contribution in [0.25, 0.3) is 0 Å². The Kier molecular flexibility index (Phi) is 6.95. The molecule has 0 aliphatic heterocycles. The summed E-state index contributed by atoms with van der Waals surface area (Å²) >= 11 is 0. The number of esters is 3. The third-order valence-corrected chi connectivity index (χ3v) is 2.47. The molecule has 110 valence electrons. The summed E-state index contributed by atoms with van der Waals surface area (Å²) in [6.45, 7) is -0.391. The predicted molar refractivity (Wildman–Crippen MR) is 78.2 cm³/mol. The molecule has 1 aromatic carbocycles. The summed E-state index contributed by atoms with van der Waals surface area (Å²) in [5.74, 6) is -2.49. The van der Waals surface area contributed by atoms with Crippen LogP contribution in [0.3, 0.4) is 0 Å². The maximum absolute atomic E-state index is 11.6. The second-order valence-electron chi connectivity index (χ2n) is 3.96. The molecule has 8 heteroatoms. The minimum atomic E-state index is -1.00. The first-order valence-electron chi connectivity index (χ1n) is 6.20. The molecular formula is C14H12B2O6. The van der Waals surface area contributed by atoms with Crippen LogP contribution in [-0.2, 0) is 23.8 Å². The topological polar surface area (TPSA) is 78.9 Å². The van der Waals surface area contributed by atoms with Gasteiger partial charge in [0.05, 0.1) is 12.7 Å². The third-order valence-electron chi connectivity index (χ3n) is 2.47. The molecule has 0 spiro atoms. The SMILES string of the molecule is [B]/C(C(=O)OC)=C(/[B])C(=O)OCCOC(=O)c1ccccc1. The molecule has 0 aliphatic rings. The van der Waals surface area contributed by atoms with Gasteiger partial charge in [-0.2, -0.15) is 0 Å². The van der Waals surface area contributed by atoms with E-state index in [1.54, 1.807) is 30.3 Å². The maximum Gasteiger partial charge on any atom is 0.338 e. The van der Waals surface area contributed by atoms with Crippen LogP contribution >= 0.6 is 0 Å². The summed E-state index contributed by atoms with van der Waals surface area (Å²) in [5, 5.41) is 0. The number of rotatable bonds is 6. The Morgan fingerprint density at radius 3 is 2.05 bits per heavy atom. The molecule has 0 heterocycles. The molecule has 0 N–H and O–H groups in total. The molecule has 0 saturated heterocycles. The zero-order valence-corrected chi connectivity index (χ0v) is 11.9. The normalized spacial score (nSPS) is 11.1. The van der Waals surface area contributed by atoms with Crippen molar-refractivity contribution in [2.45, 2.75) is 0 Å². The van der Waals surface area contributed by atoms with E-state index in [-0.39, 0.29) is 13.2 Å². The number of carbonyl (C=O) groups excluding carboxylic acids is 3. The van der Waals surface area contributed by atoms with Crippen LogP contribution in [0.1, 0.15) is 10.4 Å². The summed E-state index contributed by atoms with van der Waals surface area (Å²) in [5.41, 5.74) is -0.738. The highest BCUT2D eigenvalue weighted by Crippen LogP contribution is 2.03. The van der Waals surface area contributed by atoms with Crippen LogP contribution in [0.5, 0.6) is 0 Å². The average Bonchev–Trinajstić information content (AvgIpc) is 2.56. The lowest BCUT2D eigenvalue weighted by atomic mass is 9.80. The van der Waals surface area contributed by atoms with Gasteiger partial charge in [0.15, 0.2) is 0 Å². The van der Waals surface area contributed by atoms with Crippen LogP contribution in [0.2, 0.25) is 0 Å². The van der Waals surface area contributed by atoms with E-state index in [1.807, 2.05) is 0 Å². The molecule has 1 aromatic rings. The van der Waals surface area contributed by atoms with E-state index >= 15 is 0 Å². The van der Waals surface area contributed by atoms with E-state index in [0.717, 1.165) is 7.11 Å². The van der Waals surface area contributed by atoms with Crippen molar-refractivity contribution >= 4 is 33.6 Å². The molecule has 0 atom stereocenters. The number of ether oxygens (including phenoxy) is 3. The van der Waals surface area contributed by atoms with Crippen LogP contribution in [0, 0.1) is 0 Å². The van der Waals surface area contributed by atoms with Gasteiger partial charge in [0.2, 0.25) is 0 Å². The fraction of sp³-hybridized carbons (Fsp3) is 0.214. The largest absolute Gasteiger partial charge is 0.466 e. The van der Waals surface area contributed by atoms with Gasteiger partial charge in [0.1, 0.15) is 28.9 Å². The van der Waals surface area contributed by atoms with Gasteiger partial charge in [-0.25, -0.2) is 14.4 Å². The Hall–Kier alpha value is -2.50. The lowest BCUT2D eigenvalue weighted by molar-refractivity contribution is -0.140. The Labute approximate surface area is 130 Å². The van der Waals surface area contributed by atoms with E-state index in [2.05, 4.69) is 4.74 Å². The molecule has 6 nitrogen and oxygen atoms in total. The van der Waals surface area contributed by atoms with Crippen molar-refractivity contribution in [3.63, 3.8) is 0 Å². The van der Waals surface area contributed by atoms with Gasteiger partial charge < -0.3 is 14.2 Å². The van der Waals surface area contributed by atoms with Gasteiger partial charge in [-0.1, -0.05) is 18.2 Å². The van der Waals surface area contributed by atoms with Crippen LogP contribution in [0.15, 0.2) is 41.3 Å². The Morgan fingerprint density at radius 2 is 1.45 bits per heavy atom. The van der Waals surface area contributed by atoms with E-state index in [4.69, 9.17) is 25.2 Å². The van der Waals surface area contributed by atoms with Crippen molar-refractivity contribution in [2.75, 3.05) is 20.3 Å². The second kappa shape index (κ2) is 8.71. The molecule has 1 rings (SSSR count). The summed E-state index contributed by atoms with van der Waals surface area (Å²) in [4.78, 5) is 34.1. The summed E-state index contributed by atoms with van der Waals surface area (Å²) in [6, 6.07) is 8.33. The van der Waals surface area contributed by atoms with Crippen LogP contribution in [-0.4, -0.2) is 53.9 Å². The van der Waals surface area contributed by atoms with E-state index in [0.29, 0.717) is 5.56 Å². The Balaban J connectivity index is 2.40. The average molecular weight is 298 g/mol. The summed E-state index contributed by atoms with van der Waals surface area (Å²) < 4.78 is 13.9. The predicted octanol–water partition coefficient (Wildman–Crippen LogP) is 0.108. The first kappa shape index (κ1) is 17.6. The minimum Gasteiger partial charge on any atom is -0.466 e. The van der Waals surface area contributed by atoms with Crippen LogP contribution in [0.4, 0.5) is 0 Å². The van der Waals surface area contributed by atoms with Crippen molar-refractivity contribution in [3.8, 4) is 0 Å². The molecule has 4 radical (unpaired) electrons. The number of benzene rings is 1. The molecule has 0 aromatic heterocycles. The molecule has 0 saturated carbocycles. The fourth-order valence-corrected chi connectivity index (χ4v) is 1.33. The Bertz CT molecular complexity index is 582. The zero-order valence-electron chi connectivity index (χ0n) is 11.9. The van der Waals surface area contributed by atoms with Gasteiger partial charge >= 0.3 is 17.9 Å². The lowest BCUT2D eigenvalue weighted by Gasteiger charge is -2.09. The monoisotopic (exact) mass is 298 g/mol. The Morgan fingerprint density at radius 1 is 0.909 bits per heavy atom. The maximum atomic E-state index is 11.6. The van der Waals surface area contributed by atoms with Crippen molar-refractivity contribution in [2.24, 2.45) is 0 Å². The molecule has 0 unspecified atom stereocenters. The third kappa shape index (κ3) is 5.12. The van der Waals surface area contributed by atoms with Gasteiger partial charge in [0, 0.05) is 0 Å². The number of hydrogen-bond acceptors (Lipinski definition) is 6. The van der Waals surface area contributed by atoms with E-state index in [9.17, 15) is 14.4 Å². The summed E-state index contributed by atoms with van der Waals surface area (Å²) in [6.07, 6.45) is 0. The van der Waals surface area contributed by atoms with E-state index in [1.165, 1.54) is 0 Å². The highest BCUT2D eigenvalue weighted by molar-refractivity contribution is 6.47. The smallest absolute Gasteiger partial charge is 0.338 e. The molecular weight excluding hydrogens is 286 g/mol. The number of carbonyl (C=O) groups is 3. The van der Waals surface area contributed by atoms with Gasteiger partial charge in [-0.05, 0) is 23.1 Å². The van der Waals surface area contributed by atoms with Crippen molar-refractivity contribution in [1.82, 2.24) is 0 Å². The van der Waals surface area contributed by atoms with Crippen molar-refractivity contribution < 1.29 is 28.6 Å². The first-order chi connectivity index (χ1) is 10.5. The highest BCUT2D eigenvalue weighted by Gasteiger charge is 2.14. The molecule has 0 aliphatic carbocycles. The van der Waals surface area contributed by atoms with E-state index < -0.39 is 28.9 Å². The quantitative estimate of drug-likeness (QED) is 0.244. The number of methoxy groups -OCH3 is 1. The van der Waals surface area contributed by atoms with Crippen molar-refractivity contribution in [3.05, 3.63) is 46.8 Å². The molecule has 0 bridgehead atoms. The fourth-order valence-electron chi connectivity index (χ4n) is 1.33. The standard InChI is InChI=1S/C14H12B2O6/c1-20-13(18)10(15)11(16)14(19)22-8-7-21-12(17)9-5-3-2-4-6-9/h2-6H,7-8H2,1H3/b11-10+.